The molecule has 4 nitrogen and oxygen atoms in total. The molecule has 1 aliphatic rings. The highest BCUT2D eigenvalue weighted by atomic mass is 19.2. The van der Waals surface area contributed by atoms with Crippen LogP contribution in [-0.2, 0) is 4.79 Å². The third-order valence-corrected chi connectivity index (χ3v) is 4.01. The van der Waals surface area contributed by atoms with E-state index in [9.17, 15) is 13.6 Å². The minimum Gasteiger partial charge on any atom is -0.342 e. The number of hydrogen-bond donors (Lipinski definition) is 1. The molecule has 122 valence electrons. The van der Waals surface area contributed by atoms with Gasteiger partial charge in [-0.3, -0.25) is 4.79 Å². The number of imidazole rings is 1. The van der Waals surface area contributed by atoms with Gasteiger partial charge in [0.25, 0.3) is 0 Å². The molecule has 0 radical (unpaired) electrons. The Labute approximate surface area is 133 Å². The number of hydrogen-bond acceptors (Lipinski definition) is 2. The standard InChI is InChI=1S/C17H19F2N3O/c1-10(2)8-22-9-12(6-16(22)23)17-20-7-15(21-17)11-3-4-13(18)14(19)5-11/h3-5,7,10,12H,6,8-9H2,1-2H3,(H,20,21). The highest BCUT2D eigenvalue weighted by Gasteiger charge is 2.32. The minimum absolute atomic E-state index is 0.0142. The SMILES string of the molecule is CC(C)CN1CC(c2ncc(-c3ccc(F)c(F)c3)[nH]2)CC1=O. The normalized spacial score (nSPS) is 18.2. The third-order valence-electron chi connectivity index (χ3n) is 4.01. The van der Waals surface area contributed by atoms with Gasteiger partial charge in [0.05, 0.1) is 11.9 Å². The molecule has 0 bridgehead atoms. The second kappa shape index (κ2) is 6.10. The summed E-state index contributed by atoms with van der Waals surface area (Å²) in [4.78, 5) is 21.4. The van der Waals surface area contributed by atoms with Gasteiger partial charge < -0.3 is 9.88 Å². The van der Waals surface area contributed by atoms with Crippen molar-refractivity contribution in [3.05, 3.63) is 41.9 Å². The molecule has 1 aromatic heterocycles. The van der Waals surface area contributed by atoms with Crippen molar-refractivity contribution in [3.63, 3.8) is 0 Å². The molecular formula is C17H19F2N3O. The first kappa shape index (κ1) is 15.6. The number of carbonyl (C=O) groups excluding carboxylic acids is 1. The lowest BCUT2D eigenvalue weighted by molar-refractivity contribution is -0.128. The maximum atomic E-state index is 13.3. The Morgan fingerprint density at radius 1 is 1.35 bits per heavy atom. The van der Waals surface area contributed by atoms with E-state index in [-0.39, 0.29) is 11.8 Å². The molecule has 6 heteroatoms. The van der Waals surface area contributed by atoms with Crippen LogP contribution in [0.15, 0.2) is 24.4 Å². The van der Waals surface area contributed by atoms with Crippen molar-refractivity contribution in [2.75, 3.05) is 13.1 Å². The summed E-state index contributed by atoms with van der Waals surface area (Å²) in [5, 5.41) is 0. The molecule has 2 aromatic rings. The number of aromatic nitrogens is 2. The number of aromatic amines is 1. The molecule has 1 unspecified atom stereocenters. The van der Waals surface area contributed by atoms with Crippen LogP contribution in [0.25, 0.3) is 11.3 Å². The van der Waals surface area contributed by atoms with Crippen LogP contribution in [0.4, 0.5) is 8.78 Å². The lowest BCUT2D eigenvalue weighted by Gasteiger charge is -2.18. The van der Waals surface area contributed by atoms with E-state index in [1.807, 2.05) is 4.90 Å². The van der Waals surface area contributed by atoms with Crippen LogP contribution >= 0.6 is 0 Å². The van der Waals surface area contributed by atoms with E-state index in [2.05, 4.69) is 23.8 Å². The number of nitrogens with zero attached hydrogens (tertiary/aromatic N) is 2. The van der Waals surface area contributed by atoms with Gasteiger partial charge in [0.1, 0.15) is 5.82 Å². The van der Waals surface area contributed by atoms with Crippen LogP contribution in [0, 0.1) is 17.6 Å². The highest BCUT2D eigenvalue weighted by molar-refractivity contribution is 5.79. The Hall–Kier alpha value is -2.24. The first-order valence-electron chi connectivity index (χ1n) is 7.72. The van der Waals surface area contributed by atoms with Crippen molar-refractivity contribution < 1.29 is 13.6 Å². The van der Waals surface area contributed by atoms with Gasteiger partial charge in [0.2, 0.25) is 5.91 Å². The summed E-state index contributed by atoms with van der Waals surface area (Å²) in [6.07, 6.45) is 2.02. The number of rotatable bonds is 4. The van der Waals surface area contributed by atoms with Crippen molar-refractivity contribution in [2.45, 2.75) is 26.2 Å². The maximum Gasteiger partial charge on any atom is 0.223 e. The van der Waals surface area contributed by atoms with Crippen molar-refractivity contribution >= 4 is 5.91 Å². The summed E-state index contributed by atoms with van der Waals surface area (Å²) in [6.45, 7) is 5.54. The monoisotopic (exact) mass is 319 g/mol. The summed E-state index contributed by atoms with van der Waals surface area (Å²) < 4.78 is 26.3. The molecule has 0 aliphatic carbocycles. The third kappa shape index (κ3) is 3.25. The van der Waals surface area contributed by atoms with Gasteiger partial charge >= 0.3 is 0 Å². The predicted octanol–water partition coefficient (Wildman–Crippen LogP) is 3.33. The van der Waals surface area contributed by atoms with Crippen LogP contribution in [0.5, 0.6) is 0 Å². The summed E-state index contributed by atoms with van der Waals surface area (Å²) >= 11 is 0. The van der Waals surface area contributed by atoms with E-state index in [1.54, 1.807) is 6.20 Å². The van der Waals surface area contributed by atoms with Gasteiger partial charge in [-0.05, 0) is 24.1 Å². The van der Waals surface area contributed by atoms with Crippen LogP contribution in [-0.4, -0.2) is 33.9 Å². The number of carbonyl (C=O) groups is 1. The Bertz CT molecular complexity index is 726. The number of likely N-dealkylation sites (tertiary alicyclic amines) is 1. The zero-order valence-corrected chi connectivity index (χ0v) is 13.1. The van der Waals surface area contributed by atoms with Crippen molar-refractivity contribution in [3.8, 4) is 11.3 Å². The molecule has 0 saturated carbocycles. The Balaban J connectivity index is 1.77. The average Bonchev–Trinajstić information content (AvgIpc) is 3.09. The number of halogens is 2. The van der Waals surface area contributed by atoms with Gasteiger partial charge in [-0.25, -0.2) is 13.8 Å². The zero-order chi connectivity index (χ0) is 16.6. The van der Waals surface area contributed by atoms with E-state index in [0.29, 0.717) is 36.0 Å². The average molecular weight is 319 g/mol. The van der Waals surface area contributed by atoms with E-state index in [0.717, 1.165) is 18.7 Å². The first-order chi connectivity index (χ1) is 10.9. The van der Waals surface area contributed by atoms with Crippen LogP contribution in [0.3, 0.4) is 0 Å². The number of benzene rings is 1. The topological polar surface area (TPSA) is 49.0 Å². The fourth-order valence-corrected chi connectivity index (χ4v) is 2.93. The summed E-state index contributed by atoms with van der Waals surface area (Å²) in [5.74, 6) is -0.483. The van der Waals surface area contributed by atoms with Crippen molar-refractivity contribution in [1.82, 2.24) is 14.9 Å². The van der Waals surface area contributed by atoms with E-state index in [1.165, 1.54) is 6.07 Å². The minimum atomic E-state index is -0.891. The summed E-state index contributed by atoms with van der Waals surface area (Å²) in [6, 6.07) is 3.73. The molecule has 1 amide bonds. The molecule has 2 heterocycles. The zero-order valence-electron chi connectivity index (χ0n) is 13.1. The van der Waals surface area contributed by atoms with Gasteiger partial charge in [0, 0.05) is 31.0 Å². The second-order valence-electron chi connectivity index (χ2n) is 6.40. The van der Waals surface area contributed by atoms with Gasteiger partial charge in [-0.1, -0.05) is 13.8 Å². The molecule has 23 heavy (non-hydrogen) atoms. The fraction of sp³-hybridized carbons (Fsp3) is 0.412. The molecule has 1 aromatic carbocycles. The Kier molecular flexibility index (Phi) is 4.15. The summed E-state index contributed by atoms with van der Waals surface area (Å²) in [5.41, 5.74) is 1.15. The van der Waals surface area contributed by atoms with E-state index >= 15 is 0 Å². The highest BCUT2D eigenvalue weighted by Crippen LogP contribution is 2.29. The van der Waals surface area contributed by atoms with Crippen molar-refractivity contribution in [1.29, 1.82) is 0 Å². The van der Waals surface area contributed by atoms with E-state index < -0.39 is 11.6 Å². The van der Waals surface area contributed by atoms with Gasteiger partial charge in [-0.15, -0.1) is 0 Å². The Morgan fingerprint density at radius 3 is 2.83 bits per heavy atom. The van der Waals surface area contributed by atoms with Gasteiger partial charge in [0.15, 0.2) is 11.6 Å². The second-order valence-corrected chi connectivity index (χ2v) is 6.40. The van der Waals surface area contributed by atoms with Crippen LogP contribution < -0.4 is 0 Å². The molecule has 1 saturated heterocycles. The molecule has 1 atom stereocenters. The molecular weight excluding hydrogens is 300 g/mol. The summed E-state index contributed by atoms with van der Waals surface area (Å²) in [7, 11) is 0. The molecule has 1 aliphatic heterocycles. The van der Waals surface area contributed by atoms with Gasteiger partial charge in [-0.2, -0.15) is 0 Å². The molecule has 0 spiro atoms. The Morgan fingerprint density at radius 2 is 2.13 bits per heavy atom. The first-order valence-corrected chi connectivity index (χ1v) is 7.72. The fourth-order valence-electron chi connectivity index (χ4n) is 2.93. The van der Waals surface area contributed by atoms with Crippen molar-refractivity contribution in [2.24, 2.45) is 5.92 Å². The van der Waals surface area contributed by atoms with Crippen LogP contribution in [0.1, 0.15) is 32.0 Å². The largest absolute Gasteiger partial charge is 0.342 e. The molecule has 1 fully saturated rings. The number of H-pyrrole nitrogens is 1. The molecule has 1 N–H and O–H groups in total. The lowest BCUT2D eigenvalue weighted by Crippen LogP contribution is -2.29. The maximum absolute atomic E-state index is 13.3. The number of amides is 1. The molecule has 3 rings (SSSR count). The van der Waals surface area contributed by atoms with Crippen LogP contribution in [0.2, 0.25) is 0 Å². The quantitative estimate of drug-likeness (QED) is 0.940. The van der Waals surface area contributed by atoms with E-state index in [4.69, 9.17) is 0 Å². The predicted molar refractivity (Wildman–Crippen MR) is 82.7 cm³/mol. The smallest absolute Gasteiger partial charge is 0.223 e. The lowest BCUT2D eigenvalue weighted by atomic mass is 10.1. The number of nitrogens with one attached hydrogen (secondary N) is 1.